The zero-order chi connectivity index (χ0) is 17.9. The molecule has 0 radical (unpaired) electrons. The molecule has 4 nitrogen and oxygen atoms in total. The quantitative estimate of drug-likeness (QED) is 0.665. The van der Waals surface area contributed by atoms with Crippen molar-refractivity contribution in [3.05, 3.63) is 82.6 Å². The normalized spacial score (nSPS) is 18.5. The lowest BCUT2D eigenvalue weighted by molar-refractivity contribution is -0.122. The van der Waals surface area contributed by atoms with Crippen LogP contribution in [0.1, 0.15) is 23.5 Å². The Hall–Kier alpha value is -2.40. The molecule has 1 fully saturated rings. The van der Waals surface area contributed by atoms with Crippen molar-refractivity contribution in [3.8, 4) is 5.69 Å². The van der Waals surface area contributed by atoms with E-state index in [0.29, 0.717) is 12.5 Å². The fourth-order valence-electron chi connectivity index (χ4n) is 3.26. The Morgan fingerprint density at radius 1 is 1.15 bits per heavy atom. The number of aromatic nitrogens is 2. The monoisotopic (exact) mass is 409 g/mol. The number of nitrogens with one attached hydrogen (secondary N) is 1. The number of carbonyl (C=O) groups excluding carboxylic acids is 1. The number of halogens is 1. The predicted molar refractivity (Wildman–Crippen MR) is 105 cm³/mol. The van der Waals surface area contributed by atoms with Crippen LogP contribution in [0.25, 0.3) is 5.69 Å². The molecule has 0 spiro atoms. The van der Waals surface area contributed by atoms with Crippen LogP contribution in [0.3, 0.4) is 0 Å². The zero-order valence-corrected chi connectivity index (χ0v) is 15.9. The first-order valence-corrected chi connectivity index (χ1v) is 9.62. The Labute approximate surface area is 161 Å². The number of hydrogen-bond acceptors (Lipinski definition) is 2. The first-order valence-electron chi connectivity index (χ1n) is 8.83. The molecule has 2 unspecified atom stereocenters. The predicted octanol–water partition coefficient (Wildman–Crippen LogP) is 4.10. The van der Waals surface area contributed by atoms with Gasteiger partial charge in [-0.25, -0.2) is 4.68 Å². The summed E-state index contributed by atoms with van der Waals surface area (Å²) in [5.41, 5.74) is 3.50. The third-order valence-corrected chi connectivity index (χ3v) is 5.37. The van der Waals surface area contributed by atoms with E-state index in [0.717, 1.165) is 23.0 Å². The van der Waals surface area contributed by atoms with E-state index >= 15 is 0 Å². The molecule has 26 heavy (non-hydrogen) atoms. The van der Waals surface area contributed by atoms with Crippen LogP contribution >= 0.6 is 15.9 Å². The molecule has 0 bridgehead atoms. The lowest BCUT2D eigenvalue weighted by atomic mass is 10.1. The van der Waals surface area contributed by atoms with Crippen LogP contribution in [0, 0.1) is 5.92 Å². The lowest BCUT2D eigenvalue weighted by Gasteiger charge is -2.07. The van der Waals surface area contributed by atoms with Gasteiger partial charge in [0.1, 0.15) is 0 Å². The van der Waals surface area contributed by atoms with Crippen LogP contribution in [-0.4, -0.2) is 22.2 Å². The second kappa shape index (κ2) is 7.46. The van der Waals surface area contributed by atoms with Gasteiger partial charge in [-0.2, -0.15) is 5.10 Å². The van der Waals surface area contributed by atoms with Gasteiger partial charge in [-0.3, -0.25) is 4.79 Å². The van der Waals surface area contributed by atoms with E-state index in [2.05, 4.69) is 62.7 Å². The minimum absolute atomic E-state index is 0.123. The number of benzene rings is 2. The van der Waals surface area contributed by atoms with Gasteiger partial charge in [0, 0.05) is 29.3 Å². The van der Waals surface area contributed by atoms with Crippen molar-refractivity contribution in [2.45, 2.75) is 18.8 Å². The smallest absolute Gasteiger partial charge is 0.223 e. The summed E-state index contributed by atoms with van der Waals surface area (Å²) in [5, 5.41) is 7.30. The number of carbonyl (C=O) groups is 1. The topological polar surface area (TPSA) is 46.9 Å². The molecule has 1 aliphatic rings. The highest BCUT2D eigenvalue weighted by Gasteiger charge is 2.43. The molecule has 2 aromatic carbocycles. The molecule has 0 saturated heterocycles. The molecular weight excluding hydrogens is 390 g/mol. The van der Waals surface area contributed by atoms with Gasteiger partial charge in [0.25, 0.3) is 0 Å². The van der Waals surface area contributed by atoms with Gasteiger partial charge in [0.05, 0.1) is 5.69 Å². The molecule has 1 aromatic heterocycles. The van der Waals surface area contributed by atoms with Gasteiger partial charge in [-0.1, -0.05) is 40.2 Å². The van der Waals surface area contributed by atoms with Gasteiger partial charge in [0.2, 0.25) is 5.91 Å². The molecule has 1 amide bonds. The maximum Gasteiger partial charge on any atom is 0.223 e. The van der Waals surface area contributed by atoms with Gasteiger partial charge >= 0.3 is 0 Å². The Kier molecular flexibility index (Phi) is 4.89. The maximum absolute atomic E-state index is 12.3. The first-order chi connectivity index (χ1) is 12.7. The highest BCUT2D eigenvalue weighted by Crippen LogP contribution is 2.47. The van der Waals surface area contributed by atoms with Crippen LogP contribution in [0.15, 0.2) is 71.5 Å². The molecule has 1 heterocycles. The van der Waals surface area contributed by atoms with Gasteiger partial charge < -0.3 is 5.32 Å². The number of nitrogens with zero attached hydrogens (tertiary/aromatic N) is 2. The van der Waals surface area contributed by atoms with E-state index in [-0.39, 0.29) is 11.8 Å². The van der Waals surface area contributed by atoms with Crippen molar-refractivity contribution >= 4 is 21.8 Å². The minimum atomic E-state index is 0.123. The first kappa shape index (κ1) is 17.0. The molecule has 132 valence electrons. The molecule has 1 aliphatic carbocycles. The summed E-state index contributed by atoms with van der Waals surface area (Å²) in [4.78, 5) is 12.3. The van der Waals surface area contributed by atoms with E-state index in [1.807, 2.05) is 29.1 Å². The largest absolute Gasteiger partial charge is 0.356 e. The van der Waals surface area contributed by atoms with Crippen molar-refractivity contribution in [1.82, 2.24) is 15.1 Å². The van der Waals surface area contributed by atoms with E-state index in [1.165, 1.54) is 11.1 Å². The van der Waals surface area contributed by atoms with Crippen LogP contribution < -0.4 is 5.32 Å². The number of rotatable bonds is 6. The fraction of sp³-hybridized carbons (Fsp3) is 0.238. The molecule has 3 aromatic rings. The fourth-order valence-corrected chi connectivity index (χ4v) is 3.53. The summed E-state index contributed by atoms with van der Waals surface area (Å²) in [6.45, 7) is 0.670. The SMILES string of the molecule is O=C(NCCc1ccc(-n2cccn2)cc1)C1CC1c1ccc(Br)cc1. The lowest BCUT2D eigenvalue weighted by Crippen LogP contribution is -2.27. The van der Waals surface area contributed by atoms with Gasteiger partial charge in [-0.05, 0) is 60.2 Å². The zero-order valence-electron chi connectivity index (χ0n) is 14.3. The van der Waals surface area contributed by atoms with Gasteiger partial charge in [-0.15, -0.1) is 0 Å². The maximum atomic E-state index is 12.3. The van der Waals surface area contributed by atoms with Gasteiger partial charge in [0.15, 0.2) is 0 Å². The standard InChI is InChI=1S/C21H20BrN3O/c22-17-6-4-16(5-7-17)19-14-20(19)21(26)23-12-10-15-2-8-18(9-3-15)25-13-1-11-24-25/h1-9,11,13,19-20H,10,12,14H2,(H,23,26). The third-order valence-electron chi connectivity index (χ3n) is 4.84. The minimum Gasteiger partial charge on any atom is -0.356 e. The summed E-state index contributed by atoms with van der Waals surface area (Å²) in [7, 11) is 0. The molecule has 1 N–H and O–H groups in total. The van der Waals surface area contributed by atoms with E-state index in [1.54, 1.807) is 6.20 Å². The molecule has 0 aliphatic heterocycles. The van der Waals surface area contributed by atoms with Crippen molar-refractivity contribution in [2.24, 2.45) is 5.92 Å². The highest BCUT2D eigenvalue weighted by molar-refractivity contribution is 9.10. The summed E-state index contributed by atoms with van der Waals surface area (Å²) in [6.07, 6.45) is 5.47. The molecule has 5 heteroatoms. The average molecular weight is 410 g/mol. The van der Waals surface area contributed by atoms with Crippen molar-refractivity contribution < 1.29 is 4.79 Å². The molecular formula is C21H20BrN3O. The van der Waals surface area contributed by atoms with E-state index in [9.17, 15) is 4.79 Å². The number of hydrogen-bond donors (Lipinski definition) is 1. The third kappa shape index (κ3) is 3.88. The summed E-state index contributed by atoms with van der Waals surface area (Å²) in [5.74, 6) is 0.668. The Morgan fingerprint density at radius 3 is 2.62 bits per heavy atom. The summed E-state index contributed by atoms with van der Waals surface area (Å²) < 4.78 is 2.91. The molecule has 2 atom stereocenters. The second-order valence-electron chi connectivity index (χ2n) is 6.66. The van der Waals surface area contributed by atoms with E-state index < -0.39 is 0 Å². The average Bonchev–Trinajstić information content (AvgIpc) is 3.27. The Bertz CT molecular complexity index is 873. The van der Waals surface area contributed by atoms with Crippen molar-refractivity contribution in [2.75, 3.05) is 6.54 Å². The Balaban J connectivity index is 1.25. The van der Waals surface area contributed by atoms with Crippen LogP contribution in [0.4, 0.5) is 0 Å². The highest BCUT2D eigenvalue weighted by atomic mass is 79.9. The van der Waals surface area contributed by atoms with Crippen LogP contribution in [-0.2, 0) is 11.2 Å². The van der Waals surface area contributed by atoms with E-state index in [4.69, 9.17) is 0 Å². The summed E-state index contributed by atoms with van der Waals surface area (Å²) >= 11 is 3.45. The van der Waals surface area contributed by atoms with Crippen molar-refractivity contribution in [1.29, 1.82) is 0 Å². The van der Waals surface area contributed by atoms with Crippen molar-refractivity contribution in [3.63, 3.8) is 0 Å². The second-order valence-corrected chi connectivity index (χ2v) is 7.57. The van der Waals surface area contributed by atoms with Crippen LogP contribution in [0.2, 0.25) is 0 Å². The number of amides is 1. The molecule has 4 rings (SSSR count). The Morgan fingerprint density at radius 2 is 1.92 bits per heavy atom. The summed E-state index contributed by atoms with van der Waals surface area (Å²) in [6, 6.07) is 18.5. The van der Waals surface area contributed by atoms with Crippen LogP contribution in [0.5, 0.6) is 0 Å². The molecule has 1 saturated carbocycles.